The Kier molecular flexibility index (Phi) is 7.10. The highest BCUT2D eigenvalue weighted by atomic mass is 35.5. The van der Waals surface area contributed by atoms with Crippen LogP contribution in [-0.2, 0) is 4.79 Å². The Hall–Kier alpha value is -4.23. The fraction of sp³-hybridized carbons (Fsp3) is 0.226. The van der Waals surface area contributed by atoms with E-state index in [4.69, 9.17) is 20.8 Å². The van der Waals surface area contributed by atoms with Gasteiger partial charge < -0.3 is 19.2 Å². The van der Waals surface area contributed by atoms with E-state index < -0.39 is 23.5 Å². The third-order valence-corrected chi connectivity index (χ3v) is 7.40. The smallest absolute Gasteiger partial charge is 0.294 e. The molecule has 1 amide bonds. The van der Waals surface area contributed by atoms with Crippen molar-refractivity contribution in [2.75, 3.05) is 30.0 Å². The zero-order chi connectivity index (χ0) is 27.8. The van der Waals surface area contributed by atoms with Crippen LogP contribution in [0.2, 0.25) is 5.02 Å². The van der Waals surface area contributed by atoms with E-state index >= 15 is 0 Å². The number of anilines is 2. The van der Waals surface area contributed by atoms with Crippen molar-refractivity contribution >= 4 is 45.6 Å². The molecule has 4 aromatic rings. The topological polar surface area (TPSA) is 83.2 Å². The van der Waals surface area contributed by atoms with Gasteiger partial charge in [0.1, 0.15) is 0 Å². The van der Waals surface area contributed by atoms with E-state index in [9.17, 15) is 14.7 Å². The van der Waals surface area contributed by atoms with E-state index in [1.807, 2.05) is 55.5 Å². The number of methoxy groups -OCH3 is 1. The number of amides is 1. The number of carbonyl (C=O) groups is 2. The van der Waals surface area contributed by atoms with Gasteiger partial charge in [0.15, 0.2) is 22.9 Å². The van der Waals surface area contributed by atoms with Gasteiger partial charge in [-0.3, -0.25) is 14.5 Å². The Balaban J connectivity index is 1.63. The molecule has 0 bridgehead atoms. The van der Waals surface area contributed by atoms with Crippen molar-refractivity contribution in [1.29, 1.82) is 0 Å². The number of furan rings is 1. The van der Waals surface area contributed by atoms with Gasteiger partial charge in [0.25, 0.3) is 5.91 Å². The standard InChI is InChI=1S/C31H29ClN2O5/c1-5-33(6-2)21-11-13-22(14-12-21)34-27(23-10-8-7-9-18(23)3)26(29(36)31(34)37)28(35)24-16-19-15-20(32)17-25(38-4)30(19)39-24/h7-17,27,36H,5-6H2,1-4H3. The fourth-order valence-corrected chi connectivity index (χ4v) is 5.40. The molecule has 7 nitrogen and oxygen atoms in total. The summed E-state index contributed by atoms with van der Waals surface area (Å²) >= 11 is 6.21. The molecular formula is C31H29ClN2O5. The van der Waals surface area contributed by atoms with Gasteiger partial charge in [-0.05, 0) is 68.3 Å². The molecule has 8 heteroatoms. The van der Waals surface area contributed by atoms with E-state index in [1.165, 1.54) is 12.0 Å². The summed E-state index contributed by atoms with van der Waals surface area (Å²) in [6.45, 7) is 7.76. The van der Waals surface area contributed by atoms with Crippen molar-refractivity contribution in [2.45, 2.75) is 26.8 Å². The van der Waals surface area contributed by atoms with E-state index in [1.54, 1.807) is 18.2 Å². The number of aliphatic hydroxyl groups is 1. The first-order valence-corrected chi connectivity index (χ1v) is 13.2. The van der Waals surface area contributed by atoms with Crippen LogP contribution in [0.3, 0.4) is 0 Å². The number of benzene rings is 3. The zero-order valence-electron chi connectivity index (χ0n) is 22.2. The van der Waals surface area contributed by atoms with Crippen LogP contribution in [-0.4, -0.2) is 37.0 Å². The molecule has 1 aliphatic heterocycles. The number of ketones is 1. The van der Waals surface area contributed by atoms with Gasteiger partial charge in [-0.1, -0.05) is 35.9 Å². The molecule has 39 heavy (non-hydrogen) atoms. The van der Waals surface area contributed by atoms with Crippen LogP contribution in [0.25, 0.3) is 11.0 Å². The van der Waals surface area contributed by atoms with Crippen molar-refractivity contribution in [2.24, 2.45) is 0 Å². The highest BCUT2D eigenvalue weighted by Crippen LogP contribution is 2.44. The van der Waals surface area contributed by atoms with Crippen molar-refractivity contribution in [3.8, 4) is 5.75 Å². The molecule has 2 heterocycles. The molecule has 0 aliphatic carbocycles. The first-order chi connectivity index (χ1) is 18.8. The number of hydrogen-bond donors (Lipinski definition) is 1. The second kappa shape index (κ2) is 10.5. The van der Waals surface area contributed by atoms with Crippen LogP contribution in [0.1, 0.15) is 41.6 Å². The van der Waals surface area contributed by atoms with Gasteiger partial charge in [0.05, 0.1) is 18.7 Å². The minimum absolute atomic E-state index is 0.0303. The normalized spacial score (nSPS) is 15.4. The van der Waals surface area contributed by atoms with Crippen LogP contribution < -0.4 is 14.5 Å². The minimum Gasteiger partial charge on any atom is -0.503 e. The number of fused-ring (bicyclic) bond motifs is 1. The van der Waals surface area contributed by atoms with Crippen LogP contribution in [0.4, 0.5) is 11.4 Å². The highest BCUT2D eigenvalue weighted by molar-refractivity contribution is 6.31. The predicted octanol–water partition coefficient (Wildman–Crippen LogP) is 7.03. The first-order valence-electron chi connectivity index (χ1n) is 12.8. The number of rotatable bonds is 8. The minimum atomic E-state index is -0.857. The summed E-state index contributed by atoms with van der Waals surface area (Å²) in [4.78, 5) is 31.2. The summed E-state index contributed by atoms with van der Waals surface area (Å²) in [6, 6.07) is 19.0. The monoisotopic (exact) mass is 544 g/mol. The molecule has 5 rings (SSSR count). The largest absolute Gasteiger partial charge is 0.503 e. The second-order valence-corrected chi connectivity index (χ2v) is 9.79. The Labute approximate surface area is 231 Å². The van der Waals surface area contributed by atoms with Gasteiger partial charge in [0.2, 0.25) is 5.78 Å². The summed E-state index contributed by atoms with van der Waals surface area (Å²) in [5.41, 5.74) is 3.49. The Morgan fingerprint density at radius 3 is 2.41 bits per heavy atom. The Morgan fingerprint density at radius 2 is 1.77 bits per heavy atom. The lowest BCUT2D eigenvalue weighted by atomic mass is 9.92. The van der Waals surface area contributed by atoms with Gasteiger partial charge in [-0.2, -0.15) is 0 Å². The van der Waals surface area contributed by atoms with Gasteiger partial charge in [-0.25, -0.2) is 0 Å². The third kappa shape index (κ3) is 4.53. The molecule has 3 aromatic carbocycles. The summed E-state index contributed by atoms with van der Waals surface area (Å²) in [5.74, 6) is -1.50. The van der Waals surface area contributed by atoms with Crippen LogP contribution in [0.5, 0.6) is 5.75 Å². The number of halogens is 1. The number of nitrogens with zero attached hydrogens (tertiary/aromatic N) is 2. The maximum atomic E-state index is 14.0. The molecule has 1 unspecified atom stereocenters. The Morgan fingerprint density at radius 1 is 1.08 bits per heavy atom. The third-order valence-electron chi connectivity index (χ3n) is 7.18. The molecule has 0 radical (unpaired) electrons. The van der Waals surface area contributed by atoms with E-state index in [0.717, 1.165) is 29.9 Å². The van der Waals surface area contributed by atoms with Crippen molar-refractivity contribution < 1.29 is 23.8 Å². The van der Waals surface area contributed by atoms with Crippen LogP contribution in [0.15, 0.2) is 82.5 Å². The van der Waals surface area contributed by atoms with Crippen LogP contribution >= 0.6 is 11.6 Å². The molecule has 0 saturated heterocycles. The van der Waals surface area contributed by atoms with Gasteiger partial charge >= 0.3 is 0 Å². The van der Waals surface area contributed by atoms with Gasteiger partial charge in [0, 0.05) is 40.9 Å². The molecular weight excluding hydrogens is 516 g/mol. The number of hydrogen-bond acceptors (Lipinski definition) is 6. The van der Waals surface area contributed by atoms with Crippen molar-refractivity contribution in [1.82, 2.24) is 0 Å². The molecule has 1 aromatic heterocycles. The quantitative estimate of drug-likeness (QED) is 0.240. The van der Waals surface area contributed by atoms with Crippen LogP contribution in [0, 0.1) is 6.92 Å². The molecule has 0 saturated carbocycles. The lowest BCUT2D eigenvalue weighted by Gasteiger charge is -2.28. The Bertz CT molecular complexity index is 1600. The average Bonchev–Trinajstić information content (AvgIpc) is 3.48. The average molecular weight is 545 g/mol. The zero-order valence-corrected chi connectivity index (χ0v) is 23.0. The molecule has 1 atom stereocenters. The lowest BCUT2D eigenvalue weighted by Crippen LogP contribution is -2.31. The molecule has 0 spiro atoms. The maximum Gasteiger partial charge on any atom is 0.294 e. The predicted molar refractivity (Wildman–Crippen MR) is 153 cm³/mol. The lowest BCUT2D eigenvalue weighted by molar-refractivity contribution is -0.117. The summed E-state index contributed by atoms with van der Waals surface area (Å²) < 4.78 is 11.3. The molecule has 200 valence electrons. The highest BCUT2D eigenvalue weighted by Gasteiger charge is 2.46. The van der Waals surface area contributed by atoms with E-state index in [-0.39, 0.29) is 11.3 Å². The SMILES string of the molecule is CCN(CC)c1ccc(N2C(=O)C(O)=C(C(=O)c3cc4cc(Cl)cc(OC)c4o3)C2c2ccccc2C)cc1. The number of Topliss-reactive ketones (excluding diaryl/α,β-unsaturated/α-hetero) is 1. The summed E-state index contributed by atoms with van der Waals surface area (Å²) in [7, 11) is 1.48. The van der Waals surface area contributed by atoms with Crippen molar-refractivity contribution in [3.63, 3.8) is 0 Å². The van der Waals surface area contributed by atoms with E-state index in [2.05, 4.69) is 18.7 Å². The van der Waals surface area contributed by atoms with E-state index in [0.29, 0.717) is 27.4 Å². The summed E-state index contributed by atoms with van der Waals surface area (Å²) in [5, 5.41) is 12.2. The fourth-order valence-electron chi connectivity index (χ4n) is 5.19. The number of aliphatic hydroxyl groups excluding tert-OH is 1. The number of ether oxygens (including phenoxy) is 1. The number of aryl methyl sites for hydroxylation is 1. The van der Waals surface area contributed by atoms with Gasteiger partial charge in [-0.15, -0.1) is 0 Å². The van der Waals surface area contributed by atoms with Crippen molar-refractivity contribution in [3.05, 3.63) is 100.0 Å². The molecule has 1 N–H and O–H groups in total. The molecule has 1 aliphatic rings. The maximum absolute atomic E-state index is 14.0. The number of carbonyl (C=O) groups excluding carboxylic acids is 2. The molecule has 0 fully saturated rings. The second-order valence-electron chi connectivity index (χ2n) is 9.35. The summed E-state index contributed by atoms with van der Waals surface area (Å²) in [6.07, 6.45) is 0. The first kappa shape index (κ1) is 26.4.